The van der Waals surface area contributed by atoms with Crippen LogP contribution in [0, 0.1) is 5.92 Å². The maximum Gasteiger partial charge on any atom is 0.223 e. The van der Waals surface area contributed by atoms with E-state index in [1.807, 2.05) is 0 Å². The summed E-state index contributed by atoms with van der Waals surface area (Å²) in [5, 5.41) is 13.0. The largest absolute Gasteiger partial charge is 0.508 e. The molecule has 0 spiro atoms. The maximum absolute atomic E-state index is 12.6. The van der Waals surface area contributed by atoms with E-state index in [2.05, 4.69) is 17.4 Å². The Morgan fingerprint density at radius 2 is 1.58 bits per heavy atom. The zero-order chi connectivity index (χ0) is 16.6. The number of aromatic hydroxyl groups is 1. The molecule has 0 aromatic heterocycles. The van der Waals surface area contributed by atoms with Gasteiger partial charge >= 0.3 is 0 Å². The van der Waals surface area contributed by atoms with E-state index >= 15 is 0 Å². The number of hydrogen-bond acceptors (Lipinski definition) is 3. The molecule has 130 valence electrons. The average molecular weight is 329 g/mol. The molecule has 4 fully saturated rings. The monoisotopic (exact) mass is 329 g/mol. The number of rotatable bonds is 3. The minimum Gasteiger partial charge on any atom is -0.508 e. The molecule has 5 rings (SSSR count). The zero-order valence-electron chi connectivity index (χ0n) is 14.2. The molecule has 1 heterocycles. The summed E-state index contributed by atoms with van der Waals surface area (Å²) < 4.78 is 5.37. The van der Waals surface area contributed by atoms with Gasteiger partial charge in [0.15, 0.2) is 0 Å². The smallest absolute Gasteiger partial charge is 0.223 e. The van der Waals surface area contributed by atoms with Crippen LogP contribution in [0.15, 0.2) is 24.3 Å². The Morgan fingerprint density at radius 3 is 2.17 bits per heavy atom. The van der Waals surface area contributed by atoms with Crippen molar-refractivity contribution in [3.8, 4) is 5.75 Å². The summed E-state index contributed by atoms with van der Waals surface area (Å²) in [5.74, 6) is 0.719. The van der Waals surface area contributed by atoms with Gasteiger partial charge in [-0.2, -0.15) is 0 Å². The molecule has 1 aromatic carbocycles. The highest BCUT2D eigenvalue weighted by molar-refractivity contribution is 5.79. The third-order valence-corrected chi connectivity index (χ3v) is 6.71. The minimum absolute atomic E-state index is 0.0219. The number of benzene rings is 1. The molecular formula is C20H27NO3. The number of carbonyl (C=O) groups excluding carboxylic acids is 1. The molecular weight excluding hydrogens is 302 g/mol. The van der Waals surface area contributed by atoms with E-state index in [0.29, 0.717) is 5.75 Å². The Bertz CT molecular complexity index is 579. The molecule has 0 atom stereocenters. The molecule has 4 aliphatic rings. The summed E-state index contributed by atoms with van der Waals surface area (Å²) in [4.78, 5) is 12.6. The van der Waals surface area contributed by atoms with Crippen LogP contribution in [0.25, 0.3) is 0 Å². The fourth-order valence-electron chi connectivity index (χ4n) is 4.94. The standard InChI is InChI=1S/C20H27NO3/c22-17-3-1-16(2-4-17)19-7-10-20(11-8-19,12-9-19)21-18(23)15-5-13-24-14-6-15/h1-4,15,22H,5-14H2,(H,21,23). The predicted octanol–water partition coefficient (Wildman–Crippen LogP) is 3.28. The van der Waals surface area contributed by atoms with E-state index in [1.54, 1.807) is 12.1 Å². The molecule has 2 bridgehead atoms. The fourth-order valence-corrected chi connectivity index (χ4v) is 4.94. The Hall–Kier alpha value is -1.55. The van der Waals surface area contributed by atoms with Crippen molar-refractivity contribution in [2.75, 3.05) is 13.2 Å². The van der Waals surface area contributed by atoms with Gasteiger partial charge in [-0.25, -0.2) is 0 Å². The van der Waals surface area contributed by atoms with Crippen molar-refractivity contribution in [3.63, 3.8) is 0 Å². The van der Waals surface area contributed by atoms with Crippen LogP contribution in [-0.2, 0) is 14.9 Å². The summed E-state index contributed by atoms with van der Waals surface area (Å²) in [6.45, 7) is 1.43. The lowest BCUT2D eigenvalue weighted by molar-refractivity contribution is -0.131. The lowest BCUT2D eigenvalue weighted by atomic mass is 9.55. The number of phenols is 1. The lowest BCUT2D eigenvalue weighted by Gasteiger charge is -2.54. The molecule has 1 aromatic rings. The number of carbonyl (C=O) groups is 1. The topological polar surface area (TPSA) is 58.6 Å². The van der Waals surface area contributed by atoms with Gasteiger partial charge in [-0.3, -0.25) is 4.79 Å². The molecule has 4 heteroatoms. The summed E-state index contributed by atoms with van der Waals surface area (Å²) in [6, 6.07) is 7.75. The molecule has 0 radical (unpaired) electrons. The first-order valence-electron chi connectivity index (χ1n) is 9.30. The molecule has 24 heavy (non-hydrogen) atoms. The van der Waals surface area contributed by atoms with Crippen molar-refractivity contribution in [1.29, 1.82) is 0 Å². The first kappa shape index (κ1) is 15.9. The van der Waals surface area contributed by atoms with Gasteiger partial charge in [-0.1, -0.05) is 12.1 Å². The molecule has 3 aliphatic carbocycles. The quantitative estimate of drug-likeness (QED) is 0.895. The van der Waals surface area contributed by atoms with Gasteiger partial charge in [0.05, 0.1) is 0 Å². The maximum atomic E-state index is 12.6. The number of amides is 1. The van der Waals surface area contributed by atoms with Crippen molar-refractivity contribution >= 4 is 5.91 Å². The Labute approximate surface area is 143 Å². The van der Waals surface area contributed by atoms with Crippen LogP contribution in [0.2, 0.25) is 0 Å². The number of phenolic OH excluding ortho intramolecular Hbond substituents is 1. The van der Waals surface area contributed by atoms with Gasteiger partial charge in [0.25, 0.3) is 0 Å². The second kappa shape index (κ2) is 6.07. The van der Waals surface area contributed by atoms with E-state index in [9.17, 15) is 9.90 Å². The highest BCUT2D eigenvalue weighted by Crippen LogP contribution is 2.53. The highest BCUT2D eigenvalue weighted by atomic mass is 16.5. The van der Waals surface area contributed by atoms with Crippen molar-refractivity contribution in [3.05, 3.63) is 29.8 Å². The minimum atomic E-state index is 0.0219. The third kappa shape index (κ3) is 2.81. The van der Waals surface area contributed by atoms with Crippen molar-refractivity contribution < 1.29 is 14.6 Å². The lowest BCUT2D eigenvalue weighted by Crippen LogP contribution is -2.58. The molecule has 0 unspecified atom stereocenters. The number of ether oxygens (including phenoxy) is 1. The average Bonchev–Trinajstić information content (AvgIpc) is 2.64. The van der Waals surface area contributed by atoms with Gasteiger partial charge in [-0.15, -0.1) is 0 Å². The molecule has 1 amide bonds. The fraction of sp³-hybridized carbons (Fsp3) is 0.650. The number of hydrogen-bond donors (Lipinski definition) is 2. The summed E-state index contributed by atoms with van der Waals surface area (Å²) in [7, 11) is 0. The van der Waals surface area contributed by atoms with Crippen LogP contribution >= 0.6 is 0 Å². The van der Waals surface area contributed by atoms with Crippen LogP contribution in [0.4, 0.5) is 0 Å². The van der Waals surface area contributed by atoms with Crippen molar-refractivity contribution in [2.45, 2.75) is 62.3 Å². The zero-order valence-corrected chi connectivity index (χ0v) is 14.2. The molecule has 1 saturated heterocycles. The van der Waals surface area contributed by atoms with Gasteiger partial charge < -0.3 is 15.2 Å². The molecule has 1 aliphatic heterocycles. The van der Waals surface area contributed by atoms with Gasteiger partial charge in [0.1, 0.15) is 5.75 Å². The van der Waals surface area contributed by atoms with E-state index < -0.39 is 0 Å². The second-order valence-corrected chi connectivity index (χ2v) is 7.98. The van der Waals surface area contributed by atoms with Crippen molar-refractivity contribution in [2.24, 2.45) is 5.92 Å². The number of fused-ring (bicyclic) bond motifs is 3. The Morgan fingerprint density at radius 1 is 1.00 bits per heavy atom. The van der Waals surface area contributed by atoms with Gasteiger partial charge in [0.2, 0.25) is 5.91 Å². The van der Waals surface area contributed by atoms with Crippen LogP contribution < -0.4 is 5.32 Å². The molecule has 3 saturated carbocycles. The Kier molecular flexibility index (Phi) is 4.03. The van der Waals surface area contributed by atoms with Crippen molar-refractivity contribution in [1.82, 2.24) is 5.32 Å². The highest BCUT2D eigenvalue weighted by Gasteiger charge is 2.50. The summed E-state index contributed by atoms with van der Waals surface area (Å²) in [6.07, 6.45) is 8.33. The molecule has 2 N–H and O–H groups in total. The van der Waals surface area contributed by atoms with Gasteiger partial charge in [0, 0.05) is 24.7 Å². The van der Waals surface area contributed by atoms with E-state index in [1.165, 1.54) is 5.56 Å². The summed E-state index contributed by atoms with van der Waals surface area (Å²) in [5.41, 5.74) is 1.62. The normalized spacial score (nSPS) is 33.3. The van der Waals surface area contributed by atoms with Crippen LogP contribution in [0.3, 0.4) is 0 Å². The second-order valence-electron chi connectivity index (χ2n) is 7.98. The first-order chi connectivity index (χ1) is 11.6. The van der Waals surface area contributed by atoms with Gasteiger partial charge in [-0.05, 0) is 74.5 Å². The predicted molar refractivity (Wildman–Crippen MR) is 91.9 cm³/mol. The van der Waals surface area contributed by atoms with E-state index in [4.69, 9.17) is 4.74 Å². The molecule has 4 nitrogen and oxygen atoms in total. The van der Waals surface area contributed by atoms with Crippen LogP contribution in [0.5, 0.6) is 5.75 Å². The third-order valence-electron chi connectivity index (χ3n) is 6.71. The SMILES string of the molecule is O=C(NC12CCC(c3ccc(O)cc3)(CC1)CC2)C1CCOCC1. The number of nitrogens with one attached hydrogen (secondary N) is 1. The van der Waals surface area contributed by atoms with Crippen LogP contribution in [-0.4, -0.2) is 29.8 Å². The van der Waals surface area contributed by atoms with E-state index in [0.717, 1.165) is 64.6 Å². The first-order valence-corrected chi connectivity index (χ1v) is 9.30. The Balaban J connectivity index is 1.43. The summed E-state index contributed by atoms with van der Waals surface area (Å²) >= 11 is 0. The van der Waals surface area contributed by atoms with Crippen LogP contribution in [0.1, 0.15) is 56.9 Å². The van der Waals surface area contributed by atoms with E-state index in [-0.39, 0.29) is 22.8 Å².